The first-order valence-electron chi connectivity index (χ1n) is 12.1. The molecule has 0 saturated carbocycles. The number of benzene rings is 4. The summed E-state index contributed by atoms with van der Waals surface area (Å²) in [6.45, 7) is 3.04. The average molecular weight is 490 g/mol. The lowest BCUT2D eigenvalue weighted by Crippen LogP contribution is -2.42. The molecular formula is C32H27NO4. The fourth-order valence-electron chi connectivity index (χ4n) is 4.81. The molecule has 1 saturated heterocycles. The number of carbonyl (C=O) groups is 2. The van der Waals surface area contributed by atoms with Crippen molar-refractivity contribution in [3.05, 3.63) is 149 Å². The van der Waals surface area contributed by atoms with Crippen molar-refractivity contribution in [1.82, 2.24) is 0 Å². The zero-order chi connectivity index (χ0) is 25.9. The Kier molecular flexibility index (Phi) is 6.36. The van der Waals surface area contributed by atoms with Crippen LogP contribution in [0, 0.1) is 0 Å². The molecule has 0 spiro atoms. The summed E-state index contributed by atoms with van der Waals surface area (Å²) >= 11 is 0. The minimum Gasteiger partial charge on any atom is -0.419 e. The van der Waals surface area contributed by atoms with Gasteiger partial charge in [0.25, 0.3) is 5.79 Å². The van der Waals surface area contributed by atoms with Gasteiger partial charge in [-0.05, 0) is 34.4 Å². The first-order valence-corrected chi connectivity index (χ1v) is 12.1. The maximum Gasteiger partial charge on any atom is 0.350 e. The second-order valence-electron chi connectivity index (χ2n) is 9.31. The van der Waals surface area contributed by atoms with Crippen LogP contribution in [0.2, 0.25) is 0 Å². The molecule has 0 unspecified atom stereocenters. The van der Waals surface area contributed by atoms with Crippen molar-refractivity contribution < 1.29 is 19.1 Å². The average Bonchev–Trinajstić information content (AvgIpc) is 2.91. The normalized spacial score (nSPS) is 14.9. The molecule has 1 aliphatic rings. The van der Waals surface area contributed by atoms with Crippen LogP contribution in [0.15, 0.2) is 127 Å². The number of anilines is 1. The van der Waals surface area contributed by atoms with Gasteiger partial charge in [0, 0.05) is 25.7 Å². The Balaban J connectivity index is 1.57. The van der Waals surface area contributed by atoms with Crippen molar-refractivity contribution >= 4 is 17.6 Å². The Morgan fingerprint density at radius 3 is 1.38 bits per heavy atom. The van der Waals surface area contributed by atoms with E-state index in [0.717, 1.165) is 22.3 Å². The molecule has 5 heteroatoms. The molecule has 0 aliphatic carbocycles. The van der Waals surface area contributed by atoms with E-state index < -0.39 is 23.1 Å². The Morgan fingerprint density at radius 2 is 0.973 bits per heavy atom. The van der Waals surface area contributed by atoms with Crippen LogP contribution in [0.3, 0.4) is 0 Å². The third kappa shape index (κ3) is 4.64. The second-order valence-corrected chi connectivity index (χ2v) is 9.31. The molecular weight excluding hydrogens is 462 g/mol. The number of rotatable bonds is 6. The Bertz CT molecular complexity index is 1310. The monoisotopic (exact) mass is 489 g/mol. The lowest BCUT2D eigenvalue weighted by Gasteiger charge is -2.37. The Hall–Kier alpha value is -4.64. The standard InChI is InChI=1S/C32H27NO4/c1-31(2)36-29(34)28(30(35)37-31)22-33-27-20-18-26(19-21-27)32(23-12-6-3-7-13-23,24-14-8-4-9-15-24)25-16-10-5-11-17-25/h3-22,33H,1-2H3. The number of ether oxygens (including phenoxy) is 2. The van der Waals surface area contributed by atoms with E-state index in [0.29, 0.717) is 5.69 Å². The number of nitrogens with one attached hydrogen (secondary N) is 1. The molecule has 1 heterocycles. The molecule has 1 N–H and O–H groups in total. The highest BCUT2D eigenvalue weighted by Crippen LogP contribution is 2.45. The van der Waals surface area contributed by atoms with Crippen molar-refractivity contribution in [3.8, 4) is 0 Å². The van der Waals surface area contributed by atoms with E-state index in [1.54, 1.807) is 0 Å². The predicted octanol–water partition coefficient (Wildman–Crippen LogP) is 6.20. The van der Waals surface area contributed by atoms with E-state index in [-0.39, 0.29) is 5.57 Å². The molecule has 5 rings (SSSR count). The van der Waals surface area contributed by atoms with Crippen LogP contribution < -0.4 is 5.32 Å². The van der Waals surface area contributed by atoms with Gasteiger partial charge in [-0.25, -0.2) is 9.59 Å². The SMILES string of the molecule is CC1(C)OC(=O)C(=CNc2ccc(C(c3ccccc3)(c3ccccc3)c3ccccc3)cc2)C(=O)O1. The van der Waals surface area contributed by atoms with Crippen LogP contribution in [0.1, 0.15) is 36.1 Å². The van der Waals surface area contributed by atoms with E-state index in [1.807, 2.05) is 30.3 Å². The van der Waals surface area contributed by atoms with Gasteiger partial charge in [-0.15, -0.1) is 0 Å². The van der Waals surface area contributed by atoms with Crippen molar-refractivity contribution in [3.63, 3.8) is 0 Å². The van der Waals surface area contributed by atoms with E-state index in [1.165, 1.54) is 20.0 Å². The lowest BCUT2D eigenvalue weighted by molar-refractivity contribution is -0.222. The second kappa shape index (κ2) is 9.78. The Morgan fingerprint density at radius 1 is 0.595 bits per heavy atom. The van der Waals surface area contributed by atoms with Crippen molar-refractivity contribution in [2.75, 3.05) is 5.32 Å². The molecule has 0 amide bonds. The van der Waals surface area contributed by atoms with Crippen LogP contribution in [0.5, 0.6) is 0 Å². The first kappa shape index (κ1) is 24.1. The summed E-state index contributed by atoms with van der Waals surface area (Å²) < 4.78 is 10.3. The lowest BCUT2D eigenvalue weighted by atomic mass is 9.65. The zero-order valence-corrected chi connectivity index (χ0v) is 20.7. The maximum absolute atomic E-state index is 12.3. The Labute approximate surface area is 216 Å². The summed E-state index contributed by atoms with van der Waals surface area (Å²) in [6.07, 6.45) is 1.33. The van der Waals surface area contributed by atoms with Crippen LogP contribution in [-0.2, 0) is 24.5 Å². The summed E-state index contributed by atoms with van der Waals surface area (Å²) in [7, 11) is 0. The molecule has 4 aromatic rings. The van der Waals surface area contributed by atoms with Gasteiger partial charge in [-0.1, -0.05) is 103 Å². The van der Waals surface area contributed by atoms with Gasteiger partial charge in [0.2, 0.25) is 0 Å². The fourth-order valence-corrected chi connectivity index (χ4v) is 4.81. The van der Waals surface area contributed by atoms with Crippen LogP contribution in [0.4, 0.5) is 5.69 Å². The van der Waals surface area contributed by atoms with Crippen LogP contribution in [-0.4, -0.2) is 17.7 Å². The highest BCUT2D eigenvalue weighted by atomic mass is 16.7. The molecule has 0 atom stereocenters. The summed E-state index contributed by atoms with van der Waals surface area (Å²) in [6, 6.07) is 39.3. The maximum atomic E-state index is 12.3. The summed E-state index contributed by atoms with van der Waals surface area (Å²) in [4.78, 5) is 24.5. The highest BCUT2D eigenvalue weighted by Gasteiger charge is 2.39. The van der Waals surface area contributed by atoms with Gasteiger partial charge in [-0.2, -0.15) is 0 Å². The summed E-state index contributed by atoms with van der Waals surface area (Å²) in [5.41, 5.74) is 4.48. The molecule has 0 radical (unpaired) electrons. The molecule has 1 fully saturated rings. The summed E-state index contributed by atoms with van der Waals surface area (Å²) in [5.74, 6) is -2.72. The number of hydrogen-bond donors (Lipinski definition) is 1. The molecule has 184 valence electrons. The first-order chi connectivity index (χ1) is 17.9. The van der Waals surface area contributed by atoms with E-state index in [9.17, 15) is 9.59 Å². The van der Waals surface area contributed by atoms with E-state index >= 15 is 0 Å². The van der Waals surface area contributed by atoms with Gasteiger partial charge in [0.05, 0.1) is 5.41 Å². The third-order valence-corrected chi connectivity index (χ3v) is 6.44. The number of esters is 2. The summed E-state index contributed by atoms with van der Waals surface area (Å²) in [5, 5.41) is 3.04. The molecule has 37 heavy (non-hydrogen) atoms. The topological polar surface area (TPSA) is 64.6 Å². The predicted molar refractivity (Wildman–Crippen MR) is 143 cm³/mol. The quantitative estimate of drug-likeness (QED) is 0.151. The molecule has 4 aromatic carbocycles. The van der Waals surface area contributed by atoms with Gasteiger partial charge in [0.15, 0.2) is 5.57 Å². The van der Waals surface area contributed by atoms with Gasteiger partial charge < -0.3 is 14.8 Å². The van der Waals surface area contributed by atoms with Gasteiger partial charge in [0.1, 0.15) is 0 Å². The molecule has 0 bridgehead atoms. The molecule has 0 aromatic heterocycles. The zero-order valence-electron chi connectivity index (χ0n) is 20.7. The van der Waals surface area contributed by atoms with Gasteiger partial charge in [-0.3, -0.25) is 0 Å². The van der Waals surface area contributed by atoms with E-state index in [2.05, 4.69) is 90.2 Å². The van der Waals surface area contributed by atoms with Crippen LogP contribution in [0.25, 0.3) is 0 Å². The van der Waals surface area contributed by atoms with Crippen molar-refractivity contribution in [2.24, 2.45) is 0 Å². The van der Waals surface area contributed by atoms with Crippen LogP contribution >= 0.6 is 0 Å². The van der Waals surface area contributed by atoms with Crippen molar-refractivity contribution in [1.29, 1.82) is 0 Å². The highest BCUT2D eigenvalue weighted by molar-refractivity contribution is 6.15. The minimum atomic E-state index is -1.27. The molecule has 1 aliphatic heterocycles. The number of cyclic esters (lactones) is 2. The van der Waals surface area contributed by atoms with Gasteiger partial charge >= 0.3 is 11.9 Å². The number of hydrogen-bond acceptors (Lipinski definition) is 5. The van der Waals surface area contributed by atoms with E-state index in [4.69, 9.17) is 9.47 Å². The third-order valence-electron chi connectivity index (χ3n) is 6.44. The largest absolute Gasteiger partial charge is 0.419 e. The minimum absolute atomic E-state index is 0.185. The molecule has 5 nitrogen and oxygen atoms in total. The smallest absolute Gasteiger partial charge is 0.350 e. The fraction of sp³-hybridized carbons (Fsp3) is 0.125. The van der Waals surface area contributed by atoms with Crippen molar-refractivity contribution in [2.45, 2.75) is 25.0 Å². The number of carbonyl (C=O) groups excluding carboxylic acids is 2.